The summed E-state index contributed by atoms with van der Waals surface area (Å²) in [6.45, 7) is 2.31. The third kappa shape index (κ3) is 2.26. The predicted molar refractivity (Wildman–Crippen MR) is 77.5 cm³/mol. The van der Waals surface area contributed by atoms with Crippen molar-refractivity contribution in [3.8, 4) is 5.75 Å². The summed E-state index contributed by atoms with van der Waals surface area (Å²) in [6.07, 6.45) is 3.76. The number of rotatable bonds is 1. The highest BCUT2D eigenvalue weighted by molar-refractivity contribution is 7.99. The molecule has 0 radical (unpaired) electrons. The topological polar surface area (TPSA) is 21.3 Å². The highest BCUT2D eigenvalue weighted by Gasteiger charge is 2.32. The van der Waals surface area contributed by atoms with Crippen molar-refractivity contribution in [1.82, 2.24) is 5.32 Å². The quantitative estimate of drug-likeness (QED) is 0.841. The number of benzene rings is 1. The minimum Gasteiger partial charge on any atom is -0.497 e. The van der Waals surface area contributed by atoms with Crippen LogP contribution in [-0.2, 0) is 6.42 Å². The van der Waals surface area contributed by atoms with Gasteiger partial charge in [0.15, 0.2) is 0 Å². The summed E-state index contributed by atoms with van der Waals surface area (Å²) in [5.74, 6) is 2.28. The van der Waals surface area contributed by atoms with Crippen molar-refractivity contribution in [1.29, 1.82) is 0 Å². The highest BCUT2D eigenvalue weighted by Crippen LogP contribution is 2.40. The second-order valence-electron chi connectivity index (χ2n) is 5.35. The Bertz CT molecular complexity index is 435. The molecule has 0 spiro atoms. The van der Waals surface area contributed by atoms with E-state index in [0.29, 0.717) is 12.1 Å². The Balaban J connectivity index is 1.94. The van der Waals surface area contributed by atoms with Crippen LogP contribution in [0.2, 0.25) is 0 Å². The molecule has 2 nitrogen and oxygen atoms in total. The number of hydrogen-bond acceptors (Lipinski definition) is 3. The Morgan fingerprint density at radius 1 is 1.33 bits per heavy atom. The molecule has 98 valence electrons. The molecule has 1 aliphatic heterocycles. The van der Waals surface area contributed by atoms with Gasteiger partial charge in [0.25, 0.3) is 0 Å². The normalized spacial score (nSPS) is 31.1. The summed E-state index contributed by atoms with van der Waals surface area (Å²) < 4.78 is 5.34. The third-order valence-corrected chi connectivity index (χ3v) is 5.51. The van der Waals surface area contributed by atoms with Crippen molar-refractivity contribution >= 4 is 11.8 Å². The second kappa shape index (κ2) is 5.14. The number of thioether (sulfide) groups is 1. The van der Waals surface area contributed by atoms with Gasteiger partial charge in [-0.2, -0.15) is 11.8 Å². The fourth-order valence-corrected chi connectivity index (χ4v) is 4.55. The number of hydrogen-bond donors (Lipinski definition) is 1. The van der Waals surface area contributed by atoms with E-state index in [4.69, 9.17) is 4.74 Å². The second-order valence-corrected chi connectivity index (χ2v) is 6.69. The van der Waals surface area contributed by atoms with E-state index in [-0.39, 0.29) is 0 Å². The first-order chi connectivity index (χ1) is 8.78. The van der Waals surface area contributed by atoms with Crippen LogP contribution < -0.4 is 10.1 Å². The van der Waals surface area contributed by atoms with Crippen molar-refractivity contribution < 1.29 is 4.74 Å². The summed E-state index contributed by atoms with van der Waals surface area (Å²) in [6, 6.07) is 7.73. The van der Waals surface area contributed by atoms with E-state index in [2.05, 4.69) is 42.2 Å². The smallest absolute Gasteiger partial charge is 0.119 e. The zero-order valence-electron chi connectivity index (χ0n) is 11.1. The Hall–Kier alpha value is -0.670. The van der Waals surface area contributed by atoms with Crippen molar-refractivity contribution in [2.45, 2.75) is 43.5 Å². The first-order valence-electron chi connectivity index (χ1n) is 6.82. The van der Waals surface area contributed by atoms with Crippen LogP contribution in [0.25, 0.3) is 0 Å². The van der Waals surface area contributed by atoms with E-state index in [9.17, 15) is 0 Å². The maximum Gasteiger partial charge on any atom is 0.119 e. The van der Waals surface area contributed by atoms with E-state index in [1.807, 2.05) is 0 Å². The lowest BCUT2D eigenvalue weighted by molar-refractivity contribution is 0.406. The lowest BCUT2D eigenvalue weighted by atomic mass is 9.86. The van der Waals surface area contributed by atoms with Crippen LogP contribution in [0.3, 0.4) is 0 Å². The highest BCUT2D eigenvalue weighted by atomic mass is 32.2. The first-order valence-corrected chi connectivity index (χ1v) is 7.87. The number of nitrogens with one attached hydrogen (secondary N) is 1. The predicted octanol–water partition coefficient (Wildman–Crippen LogP) is 3.17. The standard InChI is InChI=1S/C15H21NOS/c1-10-7-8-18-14-6-3-11-9-12(17-2)4-5-13(11)15(14)16-10/h4-5,9-10,14-16H,3,6-8H2,1-2H3. The van der Waals surface area contributed by atoms with E-state index < -0.39 is 0 Å². The van der Waals surface area contributed by atoms with Gasteiger partial charge in [0.05, 0.1) is 7.11 Å². The number of ether oxygens (including phenoxy) is 1. The zero-order valence-corrected chi connectivity index (χ0v) is 11.9. The van der Waals surface area contributed by atoms with Crippen LogP contribution in [0.5, 0.6) is 5.75 Å². The molecular weight excluding hydrogens is 242 g/mol. The molecule has 1 aliphatic carbocycles. The summed E-state index contributed by atoms with van der Waals surface area (Å²) in [5, 5.41) is 4.56. The molecular formula is C15H21NOS. The third-order valence-electron chi connectivity index (χ3n) is 4.10. The lowest BCUT2D eigenvalue weighted by Crippen LogP contribution is -2.37. The molecule has 1 heterocycles. The summed E-state index contributed by atoms with van der Waals surface area (Å²) in [7, 11) is 1.75. The van der Waals surface area contributed by atoms with Gasteiger partial charge in [-0.1, -0.05) is 6.07 Å². The SMILES string of the molecule is COc1ccc2c(c1)CCC1SCCC(C)NC21. The van der Waals surface area contributed by atoms with Gasteiger partial charge in [-0.15, -0.1) is 0 Å². The van der Waals surface area contributed by atoms with Crippen molar-refractivity contribution in [3.05, 3.63) is 29.3 Å². The fraction of sp³-hybridized carbons (Fsp3) is 0.600. The molecule has 1 fully saturated rings. The maximum atomic E-state index is 5.34. The molecule has 1 N–H and O–H groups in total. The average Bonchev–Trinajstić information content (AvgIpc) is 2.59. The van der Waals surface area contributed by atoms with E-state index in [0.717, 1.165) is 11.0 Å². The van der Waals surface area contributed by atoms with Gasteiger partial charge in [-0.3, -0.25) is 0 Å². The maximum absolute atomic E-state index is 5.34. The zero-order chi connectivity index (χ0) is 12.5. The monoisotopic (exact) mass is 263 g/mol. The molecule has 0 amide bonds. The largest absolute Gasteiger partial charge is 0.497 e. The van der Waals surface area contributed by atoms with E-state index in [1.54, 1.807) is 7.11 Å². The first kappa shape index (κ1) is 12.4. The molecule has 2 aliphatic rings. The Morgan fingerprint density at radius 3 is 3.06 bits per heavy atom. The van der Waals surface area contributed by atoms with Crippen LogP contribution in [0.4, 0.5) is 0 Å². The van der Waals surface area contributed by atoms with Crippen LogP contribution in [0.1, 0.15) is 36.9 Å². The molecule has 0 bridgehead atoms. The number of aryl methyl sites for hydroxylation is 1. The Kier molecular flexibility index (Phi) is 3.53. The van der Waals surface area contributed by atoms with E-state index in [1.165, 1.54) is 36.1 Å². The average molecular weight is 263 g/mol. The summed E-state index contributed by atoms with van der Waals surface area (Å²) in [5.41, 5.74) is 2.96. The van der Waals surface area contributed by atoms with Crippen molar-refractivity contribution in [2.75, 3.05) is 12.9 Å². The van der Waals surface area contributed by atoms with Crippen LogP contribution in [0.15, 0.2) is 18.2 Å². The van der Waals surface area contributed by atoms with Crippen LogP contribution in [-0.4, -0.2) is 24.2 Å². The van der Waals surface area contributed by atoms with Gasteiger partial charge in [-0.25, -0.2) is 0 Å². The van der Waals surface area contributed by atoms with Gasteiger partial charge in [0.1, 0.15) is 5.75 Å². The Morgan fingerprint density at radius 2 is 2.22 bits per heavy atom. The molecule has 3 rings (SSSR count). The minimum absolute atomic E-state index is 0.530. The van der Waals surface area contributed by atoms with Gasteiger partial charge in [0, 0.05) is 17.3 Å². The molecule has 1 saturated heterocycles. The van der Waals surface area contributed by atoms with Crippen molar-refractivity contribution in [2.24, 2.45) is 0 Å². The van der Waals surface area contributed by atoms with Gasteiger partial charge < -0.3 is 10.1 Å². The van der Waals surface area contributed by atoms with Gasteiger partial charge in [0.2, 0.25) is 0 Å². The number of methoxy groups -OCH3 is 1. The van der Waals surface area contributed by atoms with Gasteiger partial charge >= 0.3 is 0 Å². The summed E-state index contributed by atoms with van der Waals surface area (Å²) >= 11 is 2.15. The molecule has 1 aromatic rings. The molecule has 0 aromatic heterocycles. The molecule has 0 saturated carbocycles. The summed E-state index contributed by atoms with van der Waals surface area (Å²) in [4.78, 5) is 0. The Labute approximate surface area is 113 Å². The molecule has 3 atom stereocenters. The van der Waals surface area contributed by atoms with Crippen LogP contribution in [0, 0.1) is 0 Å². The molecule has 18 heavy (non-hydrogen) atoms. The van der Waals surface area contributed by atoms with Gasteiger partial charge in [-0.05, 0) is 55.2 Å². The minimum atomic E-state index is 0.530. The fourth-order valence-electron chi connectivity index (χ4n) is 3.06. The number of fused-ring (bicyclic) bond motifs is 3. The van der Waals surface area contributed by atoms with Crippen LogP contribution >= 0.6 is 11.8 Å². The van der Waals surface area contributed by atoms with Crippen molar-refractivity contribution in [3.63, 3.8) is 0 Å². The lowest BCUT2D eigenvalue weighted by Gasteiger charge is -2.33. The van der Waals surface area contributed by atoms with E-state index >= 15 is 0 Å². The molecule has 3 heteroatoms. The molecule has 1 aromatic carbocycles. The molecule has 3 unspecified atom stereocenters.